The van der Waals surface area contributed by atoms with Crippen LogP contribution in [-0.2, 0) is 6.42 Å². The summed E-state index contributed by atoms with van der Waals surface area (Å²) in [7, 11) is 0. The Kier molecular flexibility index (Phi) is 11.9. The summed E-state index contributed by atoms with van der Waals surface area (Å²) in [5.74, 6) is 0. The van der Waals surface area contributed by atoms with E-state index < -0.39 is 0 Å². The second kappa shape index (κ2) is 13.6. The third-order valence-corrected chi connectivity index (χ3v) is 4.36. The van der Waals surface area contributed by atoms with Gasteiger partial charge in [-0.05, 0) is 42.7 Å². The van der Waals surface area contributed by atoms with Gasteiger partial charge in [0.25, 0.3) is 0 Å². The summed E-state index contributed by atoms with van der Waals surface area (Å²) in [6.07, 6.45) is 10.9. The maximum absolute atomic E-state index is 4.29. The lowest BCUT2D eigenvalue weighted by Crippen LogP contribution is -1.86. The lowest BCUT2D eigenvalue weighted by Gasteiger charge is -2.02. The average Bonchev–Trinajstić information content (AvgIpc) is 2.57. The molecule has 0 saturated heterocycles. The van der Waals surface area contributed by atoms with Crippen molar-refractivity contribution in [1.82, 2.24) is 0 Å². The van der Waals surface area contributed by atoms with Gasteiger partial charge in [-0.1, -0.05) is 75.8 Å². The molecule has 23 heavy (non-hydrogen) atoms. The van der Waals surface area contributed by atoms with Gasteiger partial charge in [0.15, 0.2) is 0 Å². The van der Waals surface area contributed by atoms with Crippen molar-refractivity contribution in [3.8, 4) is 0 Å². The lowest BCUT2D eigenvalue weighted by molar-refractivity contribution is 0.589. The molecule has 0 fully saturated rings. The van der Waals surface area contributed by atoms with Crippen LogP contribution in [0.1, 0.15) is 57.4 Å². The number of hydrogen-bond donors (Lipinski definition) is 2. The normalized spacial score (nSPS) is 10.0. The Morgan fingerprint density at radius 1 is 0.609 bits per heavy atom. The first-order valence-corrected chi connectivity index (χ1v) is 9.63. The number of rotatable bonds is 8. The number of thiol groups is 2. The van der Waals surface area contributed by atoms with Crippen molar-refractivity contribution in [1.29, 1.82) is 0 Å². The zero-order chi connectivity index (χ0) is 16.8. The van der Waals surface area contributed by atoms with Crippen molar-refractivity contribution >= 4 is 25.3 Å². The average molecular weight is 347 g/mol. The summed E-state index contributed by atoms with van der Waals surface area (Å²) in [6.45, 7) is 2.27. The molecule has 0 N–H and O–H groups in total. The molecule has 0 bridgehead atoms. The molecule has 2 heteroatoms. The summed E-state index contributed by atoms with van der Waals surface area (Å²) in [6, 6.07) is 18.3. The topological polar surface area (TPSA) is 0 Å². The SMILES string of the molecule is CCCCCCCCCc1ccc(S)cc1.Sc1ccccc1. The highest BCUT2D eigenvalue weighted by Gasteiger charge is 1.94. The van der Waals surface area contributed by atoms with Gasteiger partial charge in [0.1, 0.15) is 0 Å². The molecular formula is C21H30S2. The van der Waals surface area contributed by atoms with E-state index in [-0.39, 0.29) is 0 Å². The Labute approximate surface area is 153 Å². The van der Waals surface area contributed by atoms with Crippen LogP contribution < -0.4 is 0 Å². The molecule has 0 saturated carbocycles. The molecule has 0 spiro atoms. The molecule has 0 aliphatic rings. The summed E-state index contributed by atoms with van der Waals surface area (Å²) in [5, 5.41) is 0. The molecule has 0 unspecified atom stereocenters. The molecule has 0 radical (unpaired) electrons. The van der Waals surface area contributed by atoms with E-state index in [1.54, 1.807) is 0 Å². The molecule has 2 rings (SSSR count). The van der Waals surface area contributed by atoms with Gasteiger partial charge >= 0.3 is 0 Å². The fraction of sp³-hybridized carbons (Fsp3) is 0.429. The predicted molar refractivity (Wildman–Crippen MR) is 109 cm³/mol. The maximum Gasteiger partial charge on any atom is 0.00401 e. The molecule has 0 heterocycles. The number of hydrogen-bond acceptors (Lipinski definition) is 2. The lowest BCUT2D eigenvalue weighted by atomic mass is 10.0. The van der Waals surface area contributed by atoms with Crippen LogP contribution >= 0.6 is 25.3 Å². The fourth-order valence-electron chi connectivity index (χ4n) is 2.38. The quantitative estimate of drug-likeness (QED) is 0.365. The second-order valence-corrected chi connectivity index (χ2v) is 6.91. The van der Waals surface area contributed by atoms with Crippen LogP contribution in [0.15, 0.2) is 64.4 Å². The Morgan fingerprint density at radius 3 is 1.65 bits per heavy atom. The first-order chi connectivity index (χ1) is 11.2. The van der Waals surface area contributed by atoms with Gasteiger partial charge in [-0.25, -0.2) is 0 Å². The van der Waals surface area contributed by atoms with Crippen LogP contribution in [0.4, 0.5) is 0 Å². The molecule has 2 aromatic rings. The monoisotopic (exact) mass is 346 g/mol. The van der Waals surface area contributed by atoms with Gasteiger partial charge in [-0.15, -0.1) is 25.3 Å². The summed E-state index contributed by atoms with van der Waals surface area (Å²) in [5.41, 5.74) is 1.45. The van der Waals surface area contributed by atoms with Crippen LogP contribution in [0.25, 0.3) is 0 Å². The van der Waals surface area contributed by atoms with Crippen LogP contribution in [0.2, 0.25) is 0 Å². The highest BCUT2D eigenvalue weighted by molar-refractivity contribution is 7.80. The standard InChI is InChI=1S/C15H24S.C6H6S/c1-2-3-4-5-6-7-8-9-14-10-12-15(16)13-11-14;7-6-4-2-1-3-5-6/h10-13,16H,2-9H2,1H3;1-5,7H. The third-order valence-electron chi connectivity index (χ3n) is 3.76. The van der Waals surface area contributed by atoms with E-state index in [2.05, 4.69) is 56.4 Å². The van der Waals surface area contributed by atoms with E-state index in [9.17, 15) is 0 Å². The van der Waals surface area contributed by atoms with Gasteiger partial charge < -0.3 is 0 Å². The molecule has 126 valence electrons. The highest BCUT2D eigenvalue weighted by Crippen LogP contribution is 2.12. The maximum atomic E-state index is 4.29. The highest BCUT2D eigenvalue weighted by atomic mass is 32.1. The third kappa shape index (κ3) is 11.3. The van der Waals surface area contributed by atoms with E-state index >= 15 is 0 Å². The second-order valence-electron chi connectivity index (χ2n) is 5.87. The fourth-order valence-corrected chi connectivity index (χ4v) is 2.70. The first kappa shape index (κ1) is 20.2. The molecular weight excluding hydrogens is 316 g/mol. The molecule has 0 aromatic heterocycles. The minimum atomic E-state index is 1.02. The Balaban J connectivity index is 0.000000313. The van der Waals surface area contributed by atoms with Crippen molar-refractivity contribution in [3.05, 3.63) is 60.2 Å². The van der Waals surface area contributed by atoms with E-state index in [1.807, 2.05) is 30.3 Å². The van der Waals surface area contributed by atoms with Gasteiger partial charge in [0, 0.05) is 9.79 Å². The smallest absolute Gasteiger partial charge is 0.00401 e. The minimum Gasteiger partial charge on any atom is -0.143 e. The summed E-state index contributed by atoms with van der Waals surface area (Å²) >= 11 is 8.37. The van der Waals surface area contributed by atoms with Gasteiger partial charge in [0.2, 0.25) is 0 Å². The van der Waals surface area contributed by atoms with Crippen LogP contribution in [0.5, 0.6) is 0 Å². The number of unbranched alkanes of at least 4 members (excludes halogenated alkanes) is 6. The largest absolute Gasteiger partial charge is 0.143 e. The van der Waals surface area contributed by atoms with Crippen molar-refractivity contribution < 1.29 is 0 Å². The Hall–Kier alpha value is -0.860. The first-order valence-electron chi connectivity index (χ1n) is 8.74. The van der Waals surface area contributed by atoms with Crippen LogP contribution in [0, 0.1) is 0 Å². The molecule has 0 aliphatic heterocycles. The summed E-state index contributed by atoms with van der Waals surface area (Å²) in [4.78, 5) is 2.07. The van der Waals surface area contributed by atoms with Crippen molar-refractivity contribution in [3.63, 3.8) is 0 Å². The van der Waals surface area contributed by atoms with Crippen LogP contribution in [-0.4, -0.2) is 0 Å². The zero-order valence-corrected chi connectivity index (χ0v) is 16.0. The number of benzene rings is 2. The van der Waals surface area contributed by atoms with E-state index in [4.69, 9.17) is 0 Å². The van der Waals surface area contributed by atoms with E-state index in [0.29, 0.717) is 0 Å². The van der Waals surface area contributed by atoms with E-state index in [0.717, 1.165) is 9.79 Å². The van der Waals surface area contributed by atoms with Gasteiger partial charge in [-0.3, -0.25) is 0 Å². The molecule has 0 aliphatic carbocycles. The zero-order valence-electron chi connectivity index (χ0n) is 14.2. The Morgan fingerprint density at radius 2 is 1.13 bits per heavy atom. The Bertz CT molecular complexity index is 491. The van der Waals surface area contributed by atoms with Crippen LogP contribution in [0.3, 0.4) is 0 Å². The van der Waals surface area contributed by atoms with Gasteiger partial charge in [-0.2, -0.15) is 0 Å². The molecule has 0 atom stereocenters. The molecule has 0 nitrogen and oxygen atoms in total. The summed E-state index contributed by atoms with van der Waals surface area (Å²) < 4.78 is 0. The van der Waals surface area contributed by atoms with Crippen molar-refractivity contribution in [2.75, 3.05) is 0 Å². The minimum absolute atomic E-state index is 1.02. The number of aryl methyl sites for hydroxylation is 1. The molecule has 0 amide bonds. The van der Waals surface area contributed by atoms with Crippen molar-refractivity contribution in [2.24, 2.45) is 0 Å². The predicted octanol–water partition coefficient (Wildman–Crippen LogP) is 7.24. The van der Waals surface area contributed by atoms with Gasteiger partial charge in [0.05, 0.1) is 0 Å². The molecule has 2 aromatic carbocycles. The van der Waals surface area contributed by atoms with E-state index in [1.165, 1.54) is 56.9 Å². The van der Waals surface area contributed by atoms with Crippen molar-refractivity contribution in [2.45, 2.75) is 68.1 Å².